The Bertz CT molecular complexity index is 764. The van der Waals surface area contributed by atoms with Crippen LogP contribution >= 0.6 is 0 Å². The number of benzene rings is 3. The summed E-state index contributed by atoms with van der Waals surface area (Å²) >= 11 is 0. The van der Waals surface area contributed by atoms with E-state index in [-0.39, 0.29) is 0 Å². The molecule has 0 radical (unpaired) electrons. The molecule has 0 saturated carbocycles. The maximum absolute atomic E-state index is 6.09. The molecule has 116 valence electrons. The highest BCUT2D eigenvalue weighted by atomic mass is 16.5. The van der Waals surface area contributed by atoms with Gasteiger partial charge in [0.25, 0.3) is 0 Å². The molecule has 0 heterocycles. The van der Waals surface area contributed by atoms with Crippen LogP contribution in [0.25, 0.3) is 11.1 Å². The van der Waals surface area contributed by atoms with E-state index >= 15 is 0 Å². The third-order valence-corrected chi connectivity index (χ3v) is 3.88. The maximum Gasteiger partial charge on any atom is 0.127 e. The normalized spacial score (nSPS) is 10.5. The first-order valence-electron chi connectivity index (χ1n) is 7.83. The molecule has 0 fully saturated rings. The monoisotopic (exact) mass is 303 g/mol. The van der Waals surface area contributed by atoms with Crippen LogP contribution in [-0.4, -0.2) is 0 Å². The molecule has 23 heavy (non-hydrogen) atoms. The fraction of sp³-hybridized carbons (Fsp3) is 0.143. The Morgan fingerprint density at radius 3 is 2.26 bits per heavy atom. The first-order chi connectivity index (χ1) is 11.3. The number of hydrogen-bond acceptors (Lipinski definition) is 2. The summed E-state index contributed by atoms with van der Waals surface area (Å²) in [4.78, 5) is 0. The van der Waals surface area contributed by atoms with E-state index in [1.165, 1.54) is 5.56 Å². The van der Waals surface area contributed by atoms with Crippen molar-refractivity contribution in [2.75, 3.05) is 0 Å². The molecular formula is C21H21NO. The van der Waals surface area contributed by atoms with Crippen molar-refractivity contribution in [3.05, 3.63) is 89.5 Å². The topological polar surface area (TPSA) is 35.2 Å². The second-order valence-electron chi connectivity index (χ2n) is 5.67. The number of rotatable bonds is 5. The molecule has 0 bridgehead atoms. The van der Waals surface area contributed by atoms with Crippen molar-refractivity contribution in [3.63, 3.8) is 0 Å². The summed E-state index contributed by atoms with van der Waals surface area (Å²) in [5, 5.41) is 0. The molecule has 0 aromatic heterocycles. The summed E-state index contributed by atoms with van der Waals surface area (Å²) in [6.45, 7) is 3.15. The molecule has 0 aliphatic heterocycles. The lowest BCUT2D eigenvalue weighted by Crippen LogP contribution is -2.00. The van der Waals surface area contributed by atoms with E-state index in [4.69, 9.17) is 10.5 Å². The molecular weight excluding hydrogens is 282 g/mol. The van der Waals surface area contributed by atoms with Gasteiger partial charge in [-0.15, -0.1) is 0 Å². The molecule has 2 nitrogen and oxygen atoms in total. The summed E-state index contributed by atoms with van der Waals surface area (Å²) in [7, 11) is 0. The lowest BCUT2D eigenvalue weighted by Gasteiger charge is -2.14. The summed E-state index contributed by atoms with van der Waals surface area (Å²) in [6, 6.07) is 24.9. The molecule has 2 heteroatoms. The molecule has 0 unspecified atom stereocenters. The second-order valence-corrected chi connectivity index (χ2v) is 5.67. The molecule has 0 aliphatic rings. The van der Waals surface area contributed by atoms with E-state index in [9.17, 15) is 0 Å². The maximum atomic E-state index is 6.09. The van der Waals surface area contributed by atoms with Crippen molar-refractivity contribution in [1.82, 2.24) is 0 Å². The van der Waals surface area contributed by atoms with Crippen molar-refractivity contribution in [2.24, 2.45) is 5.73 Å². The predicted octanol–water partition coefficient (Wildman–Crippen LogP) is 4.70. The zero-order valence-corrected chi connectivity index (χ0v) is 13.3. The minimum Gasteiger partial charge on any atom is -0.488 e. The van der Waals surface area contributed by atoms with Gasteiger partial charge in [-0.25, -0.2) is 0 Å². The molecule has 0 amide bonds. The average Bonchev–Trinajstić information content (AvgIpc) is 2.61. The van der Waals surface area contributed by atoms with Gasteiger partial charge in [-0.3, -0.25) is 0 Å². The van der Waals surface area contributed by atoms with E-state index in [2.05, 4.69) is 55.5 Å². The fourth-order valence-corrected chi connectivity index (χ4v) is 2.52. The Morgan fingerprint density at radius 2 is 1.57 bits per heavy atom. The van der Waals surface area contributed by atoms with Gasteiger partial charge in [0.1, 0.15) is 12.4 Å². The van der Waals surface area contributed by atoms with E-state index in [0.29, 0.717) is 13.2 Å². The smallest absolute Gasteiger partial charge is 0.127 e. The van der Waals surface area contributed by atoms with E-state index < -0.39 is 0 Å². The Morgan fingerprint density at radius 1 is 0.826 bits per heavy atom. The number of hydrogen-bond donors (Lipinski definition) is 1. The summed E-state index contributed by atoms with van der Waals surface area (Å²) in [6.07, 6.45) is 0. The Hall–Kier alpha value is -2.58. The quantitative estimate of drug-likeness (QED) is 0.741. The minimum absolute atomic E-state index is 0.510. The van der Waals surface area contributed by atoms with Crippen molar-refractivity contribution in [2.45, 2.75) is 20.1 Å². The first-order valence-corrected chi connectivity index (χ1v) is 7.83. The predicted molar refractivity (Wildman–Crippen MR) is 95.3 cm³/mol. The van der Waals surface area contributed by atoms with Gasteiger partial charge in [0.2, 0.25) is 0 Å². The van der Waals surface area contributed by atoms with E-state index in [1.54, 1.807) is 0 Å². The van der Waals surface area contributed by atoms with Crippen LogP contribution in [0.1, 0.15) is 16.7 Å². The average molecular weight is 303 g/mol. The number of aryl methyl sites for hydroxylation is 1. The Balaban J connectivity index is 1.91. The summed E-state index contributed by atoms with van der Waals surface area (Å²) < 4.78 is 6.09. The van der Waals surface area contributed by atoms with Crippen LogP contribution in [-0.2, 0) is 13.2 Å². The zero-order chi connectivity index (χ0) is 16.1. The van der Waals surface area contributed by atoms with Crippen molar-refractivity contribution in [1.29, 1.82) is 0 Å². The highest BCUT2D eigenvalue weighted by Gasteiger charge is 2.08. The van der Waals surface area contributed by atoms with Crippen LogP contribution in [0, 0.1) is 6.92 Å². The van der Waals surface area contributed by atoms with Gasteiger partial charge in [0, 0.05) is 12.1 Å². The Labute approximate surface area is 137 Å². The standard InChI is InChI=1S/C21H21NO/c1-16-7-10-19(11-8-16)20-12-9-18(14-22)13-21(20)23-15-17-5-3-2-4-6-17/h2-13H,14-15,22H2,1H3. The van der Waals surface area contributed by atoms with Crippen LogP contribution in [0.2, 0.25) is 0 Å². The third kappa shape index (κ3) is 3.79. The zero-order valence-electron chi connectivity index (χ0n) is 13.3. The van der Waals surface area contributed by atoms with Gasteiger partial charge < -0.3 is 10.5 Å². The van der Waals surface area contributed by atoms with Gasteiger partial charge in [0.05, 0.1) is 0 Å². The van der Waals surface area contributed by atoms with Crippen LogP contribution in [0.4, 0.5) is 0 Å². The van der Waals surface area contributed by atoms with Crippen molar-refractivity contribution in [3.8, 4) is 16.9 Å². The van der Waals surface area contributed by atoms with Gasteiger partial charge in [-0.2, -0.15) is 0 Å². The lowest BCUT2D eigenvalue weighted by atomic mass is 10.0. The summed E-state index contributed by atoms with van der Waals surface area (Å²) in [5.41, 5.74) is 11.5. The van der Waals surface area contributed by atoms with Crippen LogP contribution in [0.5, 0.6) is 5.75 Å². The lowest BCUT2D eigenvalue weighted by molar-refractivity contribution is 0.307. The van der Waals surface area contributed by atoms with Gasteiger partial charge >= 0.3 is 0 Å². The molecule has 3 rings (SSSR count). The number of ether oxygens (including phenoxy) is 1. The highest BCUT2D eigenvalue weighted by molar-refractivity contribution is 5.71. The molecule has 0 spiro atoms. The third-order valence-electron chi connectivity index (χ3n) is 3.88. The second kappa shape index (κ2) is 7.12. The summed E-state index contributed by atoms with van der Waals surface area (Å²) in [5.74, 6) is 0.876. The number of nitrogens with two attached hydrogens (primary N) is 1. The van der Waals surface area contributed by atoms with Crippen LogP contribution < -0.4 is 10.5 Å². The van der Waals surface area contributed by atoms with E-state index in [0.717, 1.165) is 28.0 Å². The van der Waals surface area contributed by atoms with Crippen molar-refractivity contribution < 1.29 is 4.74 Å². The molecule has 0 saturated heterocycles. The van der Waals surface area contributed by atoms with Gasteiger partial charge in [-0.05, 0) is 29.7 Å². The SMILES string of the molecule is Cc1ccc(-c2ccc(CN)cc2OCc2ccccc2)cc1. The van der Waals surface area contributed by atoms with E-state index in [1.807, 2.05) is 24.3 Å². The van der Waals surface area contributed by atoms with Gasteiger partial charge in [-0.1, -0.05) is 72.3 Å². The van der Waals surface area contributed by atoms with Crippen LogP contribution in [0.3, 0.4) is 0 Å². The molecule has 0 atom stereocenters. The molecule has 0 aliphatic carbocycles. The highest BCUT2D eigenvalue weighted by Crippen LogP contribution is 2.32. The molecule has 3 aromatic carbocycles. The minimum atomic E-state index is 0.510. The Kier molecular flexibility index (Phi) is 4.74. The van der Waals surface area contributed by atoms with Crippen LogP contribution in [0.15, 0.2) is 72.8 Å². The molecule has 2 N–H and O–H groups in total. The fourth-order valence-electron chi connectivity index (χ4n) is 2.52. The van der Waals surface area contributed by atoms with Gasteiger partial charge in [0.15, 0.2) is 0 Å². The largest absolute Gasteiger partial charge is 0.488 e. The molecule has 3 aromatic rings. The first kappa shape index (κ1) is 15.3. The van der Waals surface area contributed by atoms with Crippen molar-refractivity contribution >= 4 is 0 Å².